The van der Waals surface area contributed by atoms with Crippen LogP contribution in [0.25, 0.3) is 0 Å². The van der Waals surface area contributed by atoms with Gasteiger partial charge in [-0.1, -0.05) is 12.1 Å². The molecule has 0 spiro atoms. The number of carbonyl (C=O) groups is 1. The lowest BCUT2D eigenvalue weighted by molar-refractivity contribution is -0.387. The molecule has 0 saturated heterocycles. The molecule has 0 unspecified atom stereocenters. The minimum absolute atomic E-state index is 0.168. The van der Waals surface area contributed by atoms with Crippen LogP contribution in [0.5, 0.6) is 0 Å². The minimum Gasteiger partial charge on any atom is -0.462 e. The molecule has 0 aliphatic heterocycles. The van der Waals surface area contributed by atoms with Crippen molar-refractivity contribution in [1.82, 2.24) is 0 Å². The Hall–Kier alpha value is -2.94. The zero-order chi connectivity index (χ0) is 17.7. The fourth-order valence-corrected chi connectivity index (χ4v) is 3.17. The van der Waals surface area contributed by atoms with Crippen molar-refractivity contribution in [3.8, 4) is 0 Å². The Labute approximate surface area is 138 Å². The van der Waals surface area contributed by atoms with Gasteiger partial charge in [-0.3, -0.25) is 14.8 Å². The van der Waals surface area contributed by atoms with E-state index in [1.165, 1.54) is 36.4 Å². The maximum atomic E-state index is 12.3. The summed E-state index contributed by atoms with van der Waals surface area (Å²) >= 11 is 0. The van der Waals surface area contributed by atoms with E-state index in [1.807, 2.05) is 0 Å². The molecule has 0 fully saturated rings. The molecule has 0 radical (unpaired) electrons. The van der Waals surface area contributed by atoms with E-state index in [1.54, 1.807) is 6.92 Å². The zero-order valence-corrected chi connectivity index (χ0v) is 13.4. The van der Waals surface area contributed by atoms with Gasteiger partial charge < -0.3 is 4.74 Å². The van der Waals surface area contributed by atoms with Gasteiger partial charge in [0.2, 0.25) is 0 Å². The first-order valence-electron chi connectivity index (χ1n) is 6.88. The molecule has 8 nitrogen and oxygen atoms in total. The standard InChI is InChI=1S/C15H14N2O6S/c1-2-23-15(18)11-7-9-12(10-8-11)16-24(21,22)14-6-4-3-5-13(14)17(19)20/h3-10,16H,2H2,1H3. The number of nitro groups is 1. The van der Waals surface area contributed by atoms with Crippen molar-refractivity contribution in [2.45, 2.75) is 11.8 Å². The summed E-state index contributed by atoms with van der Waals surface area (Å²) in [5.41, 5.74) is -0.0835. The fraction of sp³-hybridized carbons (Fsp3) is 0.133. The van der Waals surface area contributed by atoms with Crippen molar-refractivity contribution in [2.75, 3.05) is 11.3 Å². The summed E-state index contributed by atoms with van der Waals surface area (Å²) in [4.78, 5) is 21.3. The van der Waals surface area contributed by atoms with Gasteiger partial charge in [-0.2, -0.15) is 0 Å². The van der Waals surface area contributed by atoms with Gasteiger partial charge in [0.05, 0.1) is 17.1 Å². The SMILES string of the molecule is CCOC(=O)c1ccc(NS(=O)(=O)c2ccccc2[N+](=O)[O-])cc1. The van der Waals surface area contributed by atoms with E-state index in [-0.39, 0.29) is 17.9 Å². The largest absolute Gasteiger partial charge is 0.462 e. The Bertz CT molecular complexity index is 862. The van der Waals surface area contributed by atoms with Gasteiger partial charge in [0.15, 0.2) is 4.90 Å². The Balaban J connectivity index is 2.27. The summed E-state index contributed by atoms with van der Waals surface area (Å²) in [6.07, 6.45) is 0. The summed E-state index contributed by atoms with van der Waals surface area (Å²) in [6, 6.07) is 10.6. The number of esters is 1. The van der Waals surface area contributed by atoms with E-state index in [0.29, 0.717) is 0 Å². The third-order valence-electron chi connectivity index (χ3n) is 3.00. The van der Waals surface area contributed by atoms with Crippen molar-refractivity contribution < 1.29 is 22.9 Å². The van der Waals surface area contributed by atoms with E-state index >= 15 is 0 Å². The lowest BCUT2D eigenvalue weighted by Crippen LogP contribution is -2.15. The molecule has 24 heavy (non-hydrogen) atoms. The number of hydrogen-bond acceptors (Lipinski definition) is 6. The third-order valence-corrected chi connectivity index (χ3v) is 4.43. The normalized spacial score (nSPS) is 10.9. The van der Waals surface area contributed by atoms with Crippen molar-refractivity contribution in [1.29, 1.82) is 0 Å². The Kier molecular flexibility index (Phi) is 5.14. The van der Waals surface area contributed by atoms with Crippen LogP contribution in [-0.4, -0.2) is 25.9 Å². The van der Waals surface area contributed by atoms with Gasteiger partial charge in [-0.15, -0.1) is 0 Å². The number of para-hydroxylation sites is 1. The van der Waals surface area contributed by atoms with Gasteiger partial charge in [0.1, 0.15) is 0 Å². The third kappa shape index (κ3) is 3.87. The fourth-order valence-electron chi connectivity index (χ4n) is 1.93. The maximum absolute atomic E-state index is 12.3. The second-order valence-corrected chi connectivity index (χ2v) is 6.28. The van der Waals surface area contributed by atoms with Gasteiger partial charge in [-0.25, -0.2) is 13.2 Å². The lowest BCUT2D eigenvalue weighted by atomic mass is 10.2. The summed E-state index contributed by atoms with van der Waals surface area (Å²) in [6.45, 7) is 1.90. The average molecular weight is 350 g/mol. The van der Waals surface area contributed by atoms with Crippen molar-refractivity contribution in [3.63, 3.8) is 0 Å². The van der Waals surface area contributed by atoms with Crippen molar-refractivity contribution in [2.24, 2.45) is 0 Å². The van der Waals surface area contributed by atoms with Gasteiger partial charge in [0.25, 0.3) is 15.7 Å². The lowest BCUT2D eigenvalue weighted by Gasteiger charge is -2.09. The molecule has 2 rings (SSSR count). The number of benzene rings is 2. The van der Waals surface area contributed by atoms with Gasteiger partial charge in [-0.05, 0) is 37.3 Å². The number of anilines is 1. The van der Waals surface area contributed by atoms with E-state index in [2.05, 4.69) is 4.72 Å². The highest BCUT2D eigenvalue weighted by Crippen LogP contribution is 2.25. The second-order valence-electron chi connectivity index (χ2n) is 4.63. The first-order chi connectivity index (χ1) is 11.3. The van der Waals surface area contributed by atoms with Crippen LogP contribution in [0.15, 0.2) is 53.4 Å². The smallest absolute Gasteiger partial charge is 0.338 e. The second kappa shape index (κ2) is 7.09. The van der Waals surface area contributed by atoms with E-state index in [4.69, 9.17) is 4.74 Å². The maximum Gasteiger partial charge on any atom is 0.338 e. The quantitative estimate of drug-likeness (QED) is 0.486. The first-order valence-corrected chi connectivity index (χ1v) is 8.37. The van der Waals surface area contributed by atoms with Crippen LogP contribution in [0.3, 0.4) is 0 Å². The molecule has 0 aromatic heterocycles. The van der Waals surface area contributed by atoms with Crippen LogP contribution in [-0.2, 0) is 14.8 Å². The number of sulfonamides is 1. The highest BCUT2D eigenvalue weighted by atomic mass is 32.2. The number of rotatable bonds is 6. The van der Waals surface area contributed by atoms with Crippen molar-refractivity contribution >= 4 is 27.4 Å². The highest BCUT2D eigenvalue weighted by Gasteiger charge is 2.25. The van der Waals surface area contributed by atoms with Gasteiger partial charge in [0, 0.05) is 11.8 Å². The molecule has 2 aromatic rings. The molecule has 0 atom stereocenters. The summed E-state index contributed by atoms with van der Waals surface area (Å²) in [5, 5.41) is 11.0. The number of carbonyl (C=O) groups excluding carboxylic acids is 1. The van der Waals surface area contributed by atoms with E-state index in [0.717, 1.165) is 12.1 Å². The predicted octanol–water partition coefficient (Wildman–Crippen LogP) is 2.57. The topological polar surface area (TPSA) is 116 Å². The number of ether oxygens (including phenoxy) is 1. The molecular weight excluding hydrogens is 336 g/mol. The first kappa shape index (κ1) is 17.4. The molecule has 0 aliphatic carbocycles. The van der Waals surface area contributed by atoms with E-state index in [9.17, 15) is 23.3 Å². The molecule has 0 heterocycles. The molecule has 126 valence electrons. The molecule has 1 N–H and O–H groups in total. The average Bonchev–Trinajstić information content (AvgIpc) is 2.55. The van der Waals surface area contributed by atoms with Crippen LogP contribution < -0.4 is 4.72 Å². The van der Waals surface area contributed by atoms with Crippen LogP contribution in [0.2, 0.25) is 0 Å². The number of nitro benzene ring substituents is 1. The molecule has 0 amide bonds. The molecule has 0 aliphatic rings. The van der Waals surface area contributed by atoms with E-state index < -0.39 is 31.5 Å². The summed E-state index contributed by atoms with van der Waals surface area (Å²) < 4.78 is 31.8. The Morgan fingerprint density at radius 2 is 1.79 bits per heavy atom. The molecular formula is C15H14N2O6S. The monoisotopic (exact) mass is 350 g/mol. The number of hydrogen-bond donors (Lipinski definition) is 1. The molecule has 2 aromatic carbocycles. The predicted molar refractivity (Wildman–Crippen MR) is 86.3 cm³/mol. The van der Waals surface area contributed by atoms with Crippen LogP contribution >= 0.6 is 0 Å². The summed E-state index contributed by atoms with van der Waals surface area (Å²) in [5.74, 6) is -0.523. The Morgan fingerprint density at radius 3 is 2.38 bits per heavy atom. The van der Waals surface area contributed by atoms with Crippen LogP contribution in [0, 0.1) is 10.1 Å². The van der Waals surface area contributed by atoms with Gasteiger partial charge >= 0.3 is 5.97 Å². The zero-order valence-electron chi connectivity index (χ0n) is 12.6. The van der Waals surface area contributed by atoms with Crippen LogP contribution in [0.4, 0.5) is 11.4 Å². The molecule has 0 saturated carbocycles. The number of nitrogens with one attached hydrogen (secondary N) is 1. The van der Waals surface area contributed by atoms with Crippen molar-refractivity contribution in [3.05, 3.63) is 64.2 Å². The highest BCUT2D eigenvalue weighted by molar-refractivity contribution is 7.92. The summed E-state index contributed by atoms with van der Waals surface area (Å²) in [7, 11) is -4.14. The van der Waals surface area contributed by atoms with Crippen LogP contribution in [0.1, 0.15) is 17.3 Å². The molecule has 0 bridgehead atoms. The molecule has 9 heteroatoms. The Morgan fingerprint density at radius 1 is 1.17 bits per heavy atom. The number of nitrogens with zero attached hydrogens (tertiary/aromatic N) is 1. The minimum atomic E-state index is -4.14.